The molecule has 3 amide bonds. The van der Waals surface area contributed by atoms with Crippen LogP contribution in [0.1, 0.15) is 56.8 Å². The number of rotatable bonds is 11. The topological polar surface area (TPSA) is 98.4 Å². The third-order valence-corrected chi connectivity index (χ3v) is 8.20. The number of nitrogens with zero attached hydrogens (tertiary/aromatic N) is 3. The molecule has 2 aliphatic rings. The van der Waals surface area contributed by atoms with E-state index in [1.54, 1.807) is 17.1 Å². The van der Waals surface area contributed by atoms with Gasteiger partial charge in [0.1, 0.15) is 5.82 Å². The second-order valence-corrected chi connectivity index (χ2v) is 11.1. The first-order chi connectivity index (χ1) is 20.5. The normalized spacial score (nSPS) is 18.2. The van der Waals surface area contributed by atoms with Crippen LogP contribution in [0, 0.1) is 5.92 Å². The monoisotopic (exact) mass is 565 g/mol. The smallest absolute Gasteiger partial charge is 0.229 e. The predicted octanol–water partition coefficient (Wildman–Crippen LogP) is 6.13. The number of carbonyl (C=O) groups excluding carboxylic acids is 3. The summed E-state index contributed by atoms with van der Waals surface area (Å²) in [6.45, 7) is 9.25. The minimum absolute atomic E-state index is 0.00761. The highest BCUT2D eigenvalue weighted by Gasteiger charge is 2.32. The number of nitrogens with one attached hydrogen (secondary N) is 2. The molecule has 0 saturated carbocycles. The predicted molar refractivity (Wildman–Crippen MR) is 165 cm³/mol. The average molecular weight is 566 g/mol. The zero-order chi connectivity index (χ0) is 29.5. The molecule has 1 aromatic heterocycles. The van der Waals surface area contributed by atoms with E-state index >= 15 is 0 Å². The number of benzene rings is 2. The van der Waals surface area contributed by atoms with Crippen molar-refractivity contribution in [2.24, 2.45) is 5.92 Å². The lowest BCUT2D eigenvalue weighted by Crippen LogP contribution is -2.31. The molecule has 218 valence electrons. The Hall–Kier alpha value is -4.46. The fourth-order valence-corrected chi connectivity index (χ4v) is 5.79. The van der Waals surface area contributed by atoms with Gasteiger partial charge in [-0.1, -0.05) is 48.6 Å². The molecule has 3 heterocycles. The van der Waals surface area contributed by atoms with Crippen LogP contribution >= 0.6 is 0 Å². The second-order valence-electron chi connectivity index (χ2n) is 11.1. The number of hydrogen-bond donors (Lipinski definition) is 2. The van der Waals surface area contributed by atoms with Gasteiger partial charge in [-0.2, -0.15) is 0 Å². The molecular weight excluding hydrogens is 526 g/mol. The van der Waals surface area contributed by atoms with E-state index in [0.717, 1.165) is 53.3 Å². The summed E-state index contributed by atoms with van der Waals surface area (Å²) in [6.07, 6.45) is 10.2. The highest BCUT2D eigenvalue weighted by molar-refractivity contribution is 5.93. The number of likely N-dealkylation sites (tertiary alicyclic amines) is 2. The summed E-state index contributed by atoms with van der Waals surface area (Å²) in [7, 11) is 0. The van der Waals surface area contributed by atoms with Crippen LogP contribution in [0.5, 0.6) is 0 Å². The van der Waals surface area contributed by atoms with Crippen LogP contribution in [-0.4, -0.2) is 57.1 Å². The van der Waals surface area contributed by atoms with Crippen LogP contribution in [-0.2, 0) is 14.4 Å². The molecule has 2 fully saturated rings. The van der Waals surface area contributed by atoms with E-state index < -0.39 is 0 Å². The van der Waals surface area contributed by atoms with Crippen molar-refractivity contribution in [3.8, 4) is 22.4 Å². The Balaban J connectivity index is 1.17. The molecule has 0 unspecified atom stereocenters. The number of allylic oxidation sites excluding steroid dienone is 2. The summed E-state index contributed by atoms with van der Waals surface area (Å²) in [5.41, 5.74) is 4.80. The standard InChI is InChI=1S/C34H39N5O3/c1-3-5-9-31(40)38-21-19-27(23-38)34(42)36-28-17-15-25(16-18-28)24-11-13-26(14-12-24)29-22-35-33(37-29)30-8-7-20-39(30)32(41)10-6-4-2/h3-4,11-18,22,27,30H,1-2,5-10,19-21,23H2,(H,35,37)(H,36,42)/t27-,30-/m0/s1. The Morgan fingerprint density at radius 3 is 2.21 bits per heavy atom. The Morgan fingerprint density at radius 2 is 1.52 bits per heavy atom. The first-order valence-electron chi connectivity index (χ1n) is 14.8. The molecule has 2 atom stereocenters. The SMILES string of the molecule is C=CCCC(=O)N1CC[C@H](C(=O)Nc2ccc(-c3ccc(-c4cnc([C@@H]5CCCN5C(=O)CCC=C)[nH]4)cc3)cc2)C1. The number of hydrogen-bond acceptors (Lipinski definition) is 4. The molecule has 2 saturated heterocycles. The fourth-order valence-electron chi connectivity index (χ4n) is 5.79. The van der Waals surface area contributed by atoms with Gasteiger partial charge in [0.2, 0.25) is 17.7 Å². The Morgan fingerprint density at radius 1 is 0.881 bits per heavy atom. The van der Waals surface area contributed by atoms with E-state index in [4.69, 9.17) is 0 Å². The number of aromatic amines is 1. The maximum absolute atomic E-state index is 12.8. The number of anilines is 1. The van der Waals surface area contributed by atoms with Gasteiger partial charge in [-0.25, -0.2) is 4.98 Å². The zero-order valence-electron chi connectivity index (χ0n) is 24.1. The highest BCUT2D eigenvalue weighted by atomic mass is 16.2. The summed E-state index contributed by atoms with van der Waals surface area (Å²) in [6, 6.07) is 16.1. The lowest BCUT2D eigenvalue weighted by Gasteiger charge is -2.23. The van der Waals surface area contributed by atoms with Crippen LogP contribution in [0.15, 0.2) is 80.0 Å². The Labute approximate surface area is 247 Å². The van der Waals surface area contributed by atoms with Crippen molar-refractivity contribution in [1.29, 1.82) is 0 Å². The van der Waals surface area contributed by atoms with E-state index in [0.29, 0.717) is 45.2 Å². The van der Waals surface area contributed by atoms with Crippen LogP contribution in [0.2, 0.25) is 0 Å². The van der Waals surface area contributed by atoms with Gasteiger partial charge in [0.05, 0.1) is 23.9 Å². The van der Waals surface area contributed by atoms with E-state index in [-0.39, 0.29) is 29.7 Å². The molecule has 8 nitrogen and oxygen atoms in total. The van der Waals surface area contributed by atoms with Crippen molar-refractivity contribution in [1.82, 2.24) is 19.8 Å². The largest absolute Gasteiger partial charge is 0.342 e. The van der Waals surface area contributed by atoms with E-state index in [1.807, 2.05) is 35.4 Å². The lowest BCUT2D eigenvalue weighted by atomic mass is 10.0. The van der Waals surface area contributed by atoms with Gasteiger partial charge in [-0.3, -0.25) is 14.4 Å². The lowest BCUT2D eigenvalue weighted by molar-refractivity contribution is -0.132. The molecule has 8 heteroatoms. The number of aromatic nitrogens is 2. The molecule has 3 aromatic rings. The number of carbonyl (C=O) groups is 3. The van der Waals surface area contributed by atoms with Gasteiger partial charge < -0.3 is 20.1 Å². The summed E-state index contributed by atoms with van der Waals surface area (Å²) in [4.78, 5) is 49.5. The fraction of sp³-hybridized carbons (Fsp3) is 0.353. The van der Waals surface area contributed by atoms with Crippen molar-refractivity contribution in [3.05, 3.63) is 85.9 Å². The quantitative estimate of drug-likeness (QED) is 0.274. The maximum atomic E-state index is 12.8. The molecule has 0 bridgehead atoms. The van der Waals surface area contributed by atoms with Gasteiger partial charge in [0.15, 0.2) is 0 Å². The van der Waals surface area contributed by atoms with Crippen LogP contribution in [0.25, 0.3) is 22.4 Å². The first kappa shape index (κ1) is 29.0. The summed E-state index contributed by atoms with van der Waals surface area (Å²) < 4.78 is 0. The Bertz CT molecular complexity index is 1430. The molecule has 0 radical (unpaired) electrons. The van der Waals surface area contributed by atoms with Gasteiger partial charge in [0, 0.05) is 38.2 Å². The van der Waals surface area contributed by atoms with Gasteiger partial charge in [0.25, 0.3) is 0 Å². The van der Waals surface area contributed by atoms with Crippen LogP contribution < -0.4 is 5.32 Å². The van der Waals surface area contributed by atoms with Gasteiger partial charge in [-0.15, -0.1) is 13.2 Å². The minimum Gasteiger partial charge on any atom is -0.342 e. The van der Waals surface area contributed by atoms with Crippen molar-refractivity contribution < 1.29 is 14.4 Å². The van der Waals surface area contributed by atoms with E-state index in [2.05, 4.69) is 52.7 Å². The van der Waals surface area contributed by atoms with Gasteiger partial charge >= 0.3 is 0 Å². The Kier molecular flexibility index (Phi) is 9.31. The third-order valence-electron chi connectivity index (χ3n) is 8.20. The molecule has 42 heavy (non-hydrogen) atoms. The van der Waals surface area contributed by atoms with Crippen molar-refractivity contribution >= 4 is 23.4 Å². The average Bonchev–Trinajstić information content (AvgIpc) is 3.80. The van der Waals surface area contributed by atoms with Crippen LogP contribution in [0.3, 0.4) is 0 Å². The van der Waals surface area contributed by atoms with Crippen molar-refractivity contribution in [2.45, 2.75) is 51.0 Å². The molecular formula is C34H39N5O3. The van der Waals surface area contributed by atoms with Crippen molar-refractivity contribution in [2.75, 3.05) is 25.0 Å². The summed E-state index contributed by atoms with van der Waals surface area (Å²) >= 11 is 0. The molecule has 0 spiro atoms. The number of H-pyrrole nitrogens is 1. The number of amides is 3. The first-order valence-corrected chi connectivity index (χ1v) is 14.8. The van der Waals surface area contributed by atoms with Crippen LogP contribution in [0.4, 0.5) is 5.69 Å². The maximum Gasteiger partial charge on any atom is 0.229 e. The second kappa shape index (κ2) is 13.5. The van der Waals surface area contributed by atoms with Gasteiger partial charge in [-0.05, 0) is 60.9 Å². The molecule has 2 aliphatic heterocycles. The molecule has 2 aromatic carbocycles. The summed E-state index contributed by atoms with van der Waals surface area (Å²) in [5.74, 6) is 0.831. The third kappa shape index (κ3) is 6.70. The van der Waals surface area contributed by atoms with E-state index in [1.165, 1.54) is 0 Å². The minimum atomic E-state index is -0.192. The summed E-state index contributed by atoms with van der Waals surface area (Å²) in [5, 5.41) is 3.01. The molecule has 0 aliphatic carbocycles. The zero-order valence-corrected chi connectivity index (χ0v) is 24.1. The van der Waals surface area contributed by atoms with Crippen molar-refractivity contribution in [3.63, 3.8) is 0 Å². The number of imidazole rings is 1. The highest BCUT2D eigenvalue weighted by Crippen LogP contribution is 2.33. The van der Waals surface area contributed by atoms with E-state index in [9.17, 15) is 14.4 Å². The molecule has 5 rings (SSSR count). The molecule has 2 N–H and O–H groups in total.